The zero-order valence-corrected chi connectivity index (χ0v) is 16.8. The number of hydrogen-bond donors (Lipinski definition) is 1. The maximum Gasteiger partial charge on any atom is 0.297 e. The minimum atomic E-state index is -0.712. The van der Waals surface area contributed by atoms with Crippen molar-refractivity contribution in [1.29, 1.82) is 0 Å². The van der Waals surface area contributed by atoms with Crippen LogP contribution in [0, 0.1) is 0 Å². The van der Waals surface area contributed by atoms with E-state index in [1.807, 2.05) is 6.92 Å². The summed E-state index contributed by atoms with van der Waals surface area (Å²) < 4.78 is 5.89. The molecular formula is C22H17N3O4S. The summed E-state index contributed by atoms with van der Waals surface area (Å²) in [4.78, 5) is 28.2. The molecule has 1 unspecified atom stereocenters. The minimum Gasteiger partial charge on any atom is -0.508 e. The van der Waals surface area contributed by atoms with Gasteiger partial charge in [0.1, 0.15) is 16.3 Å². The molecule has 0 fully saturated rings. The van der Waals surface area contributed by atoms with Gasteiger partial charge in [-0.3, -0.25) is 14.5 Å². The van der Waals surface area contributed by atoms with Crippen molar-refractivity contribution in [2.45, 2.75) is 25.8 Å². The number of phenols is 1. The van der Waals surface area contributed by atoms with Gasteiger partial charge in [-0.05, 0) is 36.2 Å². The van der Waals surface area contributed by atoms with Crippen LogP contribution < -0.4 is 10.3 Å². The van der Waals surface area contributed by atoms with E-state index in [4.69, 9.17) is 4.42 Å². The van der Waals surface area contributed by atoms with Gasteiger partial charge in [-0.15, -0.1) is 10.2 Å². The lowest BCUT2D eigenvalue weighted by Crippen LogP contribution is -2.29. The van der Waals surface area contributed by atoms with E-state index in [2.05, 4.69) is 10.2 Å². The summed E-state index contributed by atoms with van der Waals surface area (Å²) in [6.07, 6.45) is 1.67. The molecule has 2 aromatic carbocycles. The number of amides is 1. The van der Waals surface area contributed by atoms with E-state index in [1.54, 1.807) is 36.4 Å². The predicted molar refractivity (Wildman–Crippen MR) is 113 cm³/mol. The van der Waals surface area contributed by atoms with Gasteiger partial charge in [-0.25, -0.2) is 0 Å². The Balaban J connectivity index is 1.76. The van der Waals surface area contributed by atoms with Gasteiger partial charge in [0.2, 0.25) is 10.9 Å². The van der Waals surface area contributed by atoms with Crippen LogP contribution in [0.4, 0.5) is 5.13 Å². The summed E-state index contributed by atoms with van der Waals surface area (Å²) in [6.45, 7) is 2.05. The van der Waals surface area contributed by atoms with Crippen molar-refractivity contribution in [1.82, 2.24) is 10.2 Å². The maximum absolute atomic E-state index is 13.4. The highest BCUT2D eigenvalue weighted by molar-refractivity contribution is 7.15. The zero-order valence-electron chi connectivity index (χ0n) is 16.0. The monoisotopic (exact) mass is 419 g/mol. The van der Waals surface area contributed by atoms with Crippen molar-refractivity contribution in [3.05, 3.63) is 80.6 Å². The number of rotatable bonds is 4. The lowest BCUT2D eigenvalue weighted by Gasteiger charge is -2.22. The van der Waals surface area contributed by atoms with E-state index >= 15 is 0 Å². The van der Waals surface area contributed by atoms with Crippen molar-refractivity contribution < 1.29 is 14.3 Å². The van der Waals surface area contributed by atoms with Gasteiger partial charge >= 0.3 is 0 Å². The number of aromatic hydroxyl groups is 1. The molecule has 0 saturated heterocycles. The first-order chi connectivity index (χ1) is 14.6. The van der Waals surface area contributed by atoms with Crippen LogP contribution in [0.1, 0.15) is 46.1 Å². The van der Waals surface area contributed by atoms with Crippen LogP contribution in [0.3, 0.4) is 0 Å². The molecule has 3 heterocycles. The van der Waals surface area contributed by atoms with Gasteiger partial charge in [0.15, 0.2) is 5.43 Å². The normalized spacial score (nSPS) is 15.7. The Hall–Kier alpha value is -3.52. The number of carbonyl (C=O) groups excluding carboxylic acids is 1. The van der Waals surface area contributed by atoms with E-state index in [1.165, 1.54) is 28.4 Å². The fourth-order valence-corrected chi connectivity index (χ4v) is 4.71. The lowest BCUT2D eigenvalue weighted by molar-refractivity contribution is 0.0970. The van der Waals surface area contributed by atoms with Crippen molar-refractivity contribution in [2.75, 3.05) is 4.90 Å². The first-order valence-electron chi connectivity index (χ1n) is 9.59. The highest BCUT2D eigenvalue weighted by Gasteiger charge is 2.45. The second-order valence-electron chi connectivity index (χ2n) is 7.07. The number of fused-ring (bicyclic) bond motifs is 2. The van der Waals surface area contributed by atoms with Gasteiger partial charge in [0.25, 0.3) is 5.91 Å². The topological polar surface area (TPSA) is 96.5 Å². The molecule has 1 aliphatic rings. The number of hydrogen-bond acceptors (Lipinski definition) is 7. The molecule has 150 valence electrons. The van der Waals surface area contributed by atoms with Crippen LogP contribution in [0.2, 0.25) is 0 Å². The maximum atomic E-state index is 13.4. The molecule has 0 radical (unpaired) electrons. The number of para-hydroxylation sites is 1. The fourth-order valence-electron chi connectivity index (χ4n) is 3.75. The van der Waals surface area contributed by atoms with Crippen molar-refractivity contribution in [3.63, 3.8) is 0 Å². The highest BCUT2D eigenvalue weighted by Crippen LogP contribution is 2.42. The molecule has 4 aromatic rings. The van der Waals surface area contributed by atoms with Crippen LogP contribution in [0.25, 0.3) is 11.0 Å². The number of nitrogens with zero attached hydrogens (tertiary/aromatic N) is 3. The number of phenolic OH excluding ortho intramolecular Hbond substituents is 1. The molecule has 0 aliphatic carbocycles. The highest BCUT2D eigenvalue weighted by atomic mass is 32.1. The lowest BCUT2D eigenvalue weighted by atomic mass is 9.98. The summed E-state index contributed by atoms with van der Waals surface area (Å²) in [5, 5.41) is 19.8. The van der Waals surface area contributed by atoms with Gasteiger partial charge < -0.3 is 9.52 Å². The first-order valence-corrected chi connectivity index (χ1v) is 10.4. The van der Waals surface area contributed by atoms with Crippen LogP contribution in [-0.2, 0) is 6.42 Å². The number of benzene rings is 2. The Morgan fingerprint density at radius 3 is 2.63 bits per heavy atom. The molecular weight excluding hydrogens is 402 g/mol. The molecule has 7 nitrogen and oxygen atoms in total. The molecule has 0 bridgehead atoms. The van der Waals surface area contributed by atoms with Gasteiger partial charge in [-0.2, -0.15) is 0 Å². The summed E-state index contributed by atoms with van der Waals surface area (Å²) >= 11 is 1.33. The summed E-state index contributed by atoms with van der Waals surface area (Å²) in [7, 11) is 0. The number of anilines is 1. The van der Waals surface area contributed by atoms with Crippen molar-refractivity contribution >= 4 is 33.3 Å². The Kier molecular flexibility index (Phi) is 4.36. The molecule has 2 aromatic heterocycles. The van der Waals surface area contributed by atoms with Crippen LogP contribution >= 0.6 is 11.3 Å². The standard InChI is InChI=1S/C22H17N3O4S/c1-2-5-16-23-24-22(30-16)25-18(12-8-10-13(26)11-9-12)17-19(27)14-6-3-4-7-15(14)29-20(17)21(25)28/h3-4,6-11,18,26H,2,5H2,1H3. The van der Waals surface area contributed by atoms with E-state index in [-0.39, 0.29) is 22.5 Å². The van der Waals surface area contributed by atoms with Gasteiger partial charge in [0.05, 0.1) is 17.0 Å². The quantitative estimate of drug-likeness (QED) is 0.536. The Morgan fingerprint density at radius 2 is 1.87 bits per heavy atom. The molecule has 0 spiro atoms. The SMILES string of the molecule is CCCc1nnc(N2C(=O)c3oc4ccccc4c(=O)c3C2c2ccc(O)cc2)s1. The number of carbonyl (C=O) groups is 1. The van der Waals surface area contributed by atoms with E-state index in [0.717, 1.165) is 17.8 Å². The summed E-state index contributed by atoms with van der Waals surface area (Å²) in [5.74, 6) is -0.310. The van der Waals surface area contributed by atoms with Crippen molar-refractivity contribution in [2.24, 2.45) is 0 Å². The van der Waals surface area contributed by atoms with Gasteiger partial charge in [-0.1, -0.05) is 42.5 Å². The smallest absolute Gasteiger partial charge is 0.297 e. The van der Waals surface area contributed by atoms with Crippen LogP contribution in [0.5, 0.6) is 5.75 Å². The Morgan fingerprint density at radius 1 is 1.10 bits per heavy atom. The average Bonchev–Trinajstić information content (AvgIpc) is 3.32. The predicted octanol–water partition coefficient (Wildman–Crippen LogP) is 4.05. The third-order valence-electron chi connectivity index (χ3n) is 5.11. The van der Waals surface area contributed by atoms with Crippen LogP contribution in [0.15, 0.2) is 57.7 Å². The molecule has 5 rings (SSSR count). The van der Waals surface area contributed by atoms with E-state index in [9.17, 15) is 14.7 Å². The molecule has 1 N–H and O–H groups in total. The second kappa shape index (κ2) is 7.07. The fraction of sp³-hybridized carbons (Fsp3) is 0.182. The summed E-state index contributed by atoms with van der Waals surface area (Å²) in [6, 6.07) is 12.6. The largest absolute Gasteiger partial charge is 0.508 e. The van der Waals surface area contributed by atoms with Crippen LogP contribution in [-0.4, -0.2) is 21.2 Å². The number of aryl methyl sites for hydroxylation is 1. The summed E-state index contributed by atoms with van der Waals surface area (Å²) in [5.41, 5.74) is 1.07. The molecule has 0 saturated carbocycles. The Labute approximate surface area is 175 Å². The Bertz CT molecular complexity index is 1330. The zero-order chi connectivity index (χ0) is 20.8. The van der Waals surface area contributed by atoms with Gasteiger partial charge in [0, 0.05) is 6.42 Å². The third kappa shape index (κ3) is 2.80. The number of aromatic nitrogens is 2. The molecule has 1 atom stereocenters. The van der Waals surface area contributed by atoms with E-state index < -0.39 is 11.9 Å². The third-order valence-corrected chi connectivity index (χ3v) is 6.09. The second-order valence-corrected chi connectivity index (χ2v) is 8.11. The molecule has 1 amide bonds. The van der Waals surface area contributed by atoms with E-state index in [0.29, 0.717) is 21.7 Å². The molecule has 8 heteroatoms. The average molecular weight is 419 g/mol. The van der Waals surface area contributed by atoms with Crippen molar-refractivity contribution in [3.8, 4) is 5.75 Å². The first kappa shape index (κ1) is 18.5. The molecule has 1 aliphatic heterocycles. The minimum absolute atomic E-state index is 0.0176. The molecule has 30 heavy (non-hydrogen) atoms.